The van der Waals surface area contributed by atoms with Crippen molar-refractivity contribution < 1.29 is 5.11 Å². The number of aryl methyl sites for hydroxylation is 2. The fourth-order valence-corrected chi connectivity index (χ4v) is 9.35. The molecule has 3 heteroatoms. The van der Waals surface area contributed by atoms with Crippen molar-refractivity contribution in [2.45, 2.75) is 13.8 Å². The Balaban J connectivity index is 0.000000243. The Kier molecular flexibility index (Phi) is 8.18. The Morgan fingerprint density at radius 3 is 1.00 bits per heavy atom. The highest BCUT2D eigenvalue weighted by molar-refractivity contribution is 9.10. The van der Waals surface area contributed by atoms with Crippen molar-refractivity contribution in [2.24, 2.45) is 0 Å². The fraction of sp³-hybridized carbons (Fsp3) is 0.0625. The first-order valence-electron chi connectivity index (χ1n) is 11.6. The summed E-state index contributed by atoms with van der Waals surface area (Å²) in [5, 5.41) is 16.7. The van der Waals surface area contributed by atoms with Crippen molar-refractivity contribution in [2.75, 3.05) is 0 Å². The lowest BCUT2D eigenvalue weighted by molar-refractivity contribution is -0.270. The van der Waals surface area contributed by atoms with Gasteiger partial charge in [-0.25, -0.2) is 0 Å². The average Bonchev–Trinajstić information content (AvgIpc) is 2.91. The number of hydrogen-bond acceptors (Lipinski definition) is 1. The third-order valence-electron chi connectivity index (χ3n) is 6.00. The molecule has 0 N–H and O–H groups in total. The van der Waals surface area contributed by atoms with Gasteiger partial charge in [0.1, 0.15) is 28.5 Å². The van der Waals surface area contributed by atoms with Crippen LogP contribution in [-0.2, 0) is 0 Å². The van der Waals surface area contributed by atoms with E-state index in [0.717, 1.165) is 15.6 Å². The van der Waals surface area contributed by atoms with Gasteiger partial charge in [-0.05, 0) is 74.5 Å². The molecule has 0 saturated heterocycles. The van der Waals surface area contributed by atoms with E-state index in [1.54, 1.807) is 0 Å². The van der Waals surface area contributed by atoms with Crippen LogP contribution in [-0.4, -0.2) is 0 Å². The van der Waals surface area contributed by atoms with E-state index in [9.17, 15) is 5.11 Å². The molecular formula is C32H28BrOP. The molecule has 0 atom stereocenters. The number of hydrogen-bond donors (Lipinski definition) is 0. The molecular weight excluding hydrogens is 511 g/mol. The van der Waals surface area contributed by atoms with Gasteiger partial charge in [0.25, 0.3) is 0 Å². The predicted octanol–water partition coefficient (Wildman–Crippen LogP) is 6.45. The zero-order valence-corrected chi connectivity index (χ0v) is 22.4. The van der Waals surface area contributed by atoms with E-state index in [-0.39, 0.29) is 5.75 Å². The van der Waals surface area contributed by atoms with Gasteiger partial charge < -0.3 is 5.11 Å². The second kappa shape index (κ2) is 11.5. The van der Waals surface area contributed by atoms with Crippen LogP contribution in [0.15, 0.2) is 138 Å². The zero-order valence-electron chi connectivity index (χ0n) is 19.9. The molecule has 1 nitrogen and oxygen atoms in total. The monoisotopic (exact) mass is 538 g/mol. The zero-order chi connectivity index (χ0) is 24.7. The van der Waals surface area contributed by atoms with Crippen LogP contribution in [0.4, 0.5) is 0 Å². The Bertz CT molecular complexity index is 1170. The minimum atomic E-state index is -1.91. The smallest absolute Gasteiger partial charge is 0.144 e. The summed E-state index contributed by atoms with van der Waals surface area (Å²) in [6.45, 7) is 3.64. The van der Waals surface area contributed by atoms with Gasteiger partial charge in [0.05, 0.1) is 0 Å². The molecule has 0 amide bonds. The molecule has 0 aliphatic rings. The first-order chi connectivity index (χ1) is 17.0. The van der Waals surface area contributed by atoms with Gasteiger partial charge in [-0.3, -0.25) is 0 Å². The molecule has 5 rings (SSSR count). The number of rotatable bonds is 4. The maximum Gasteiger partial charge on any atom is 0.144 e. The van der Waals surface area contributed by atoms with Crippen molar-refractivity contribution in [3.8, 4) is 5.75 Å². The van der Waals surface area contributed by atoms with Gasteiger partial charge in [0, 0.05) is 4.47 Å². The van der Waals surface area contributed by atoms with Crippen LogP contribution in [0.25, 0.3) is 0 Å². The van der Waals surface area contributed by atoms with Crippen molar-refractivity contribution in [3.63, 3.8) is 0 Å². The topological polar surface area (TPSA) is 23.1 Å². The quantitative estimate of drug-likeness (QED) is 0.241. The molecule has 0 heterocycles. The molecule has 0 bridgehead atoms. The highest BCUT2D eigenvalue weighted by Crippen LogP contribution is 2.53. The van der Waals surface area contributed by atoms with Gasteiger partial charge in [-0.1, -0.05) is 99.9 Å². The lowest BCUT2D eigenvalue weighted by Crippen LogP contribution is -2.38. The van der Waals surface area contributed by atoms with E-state index in [4.69, 9.17) is 0 Å². The van der Waals surface area contributed by atoms with E-state index in [2.05, 4.69) is 137 Å². The van der Waals surface area contributed by atoms with Crippen molar-refractivity contribution in [1.29, 1.82) is 0 Å². The van der Waals surface area contributed by atoms with Gasteiger partial charge >= 0.3 is 0 Å². The Hall–Kier alpha value is -3.19. The normalized spacial score (nSPS) is 10.8. The molecule has 0 saturated carbocycles. The SMILES string of the molecule is Cc1cc(Br)cc(C)c1[O-].c1ccc([P+](c2ccccc2)(c2ccccc2)c2ccccc2)cc1. The molecule has 0 fully saturated rings. The summed E-state index contributed by atoms with van der Waals surface area (Å²) in [6, 6.07) is 47.5. The summed E-state index contributed by atoms with van der Waals surface area (Å²) >= 11 is 3.31. The minimum Gasteiger partial charge on any atom is -0.872 e. The Labute approximate surface area is 217 Å². The van der Waals surface area contributed by atoms with E-state index in [0.29, 0.717) is 0 Å². The van der Waals surface area contributed by atoms with E-state index < -0.39 is 7.26 Å². The van der Waals surface area contributed by atoms with Crippen LogP contribution >= 0.6 is 23.2 Å². The summed E-state index contributed by atoms with van der Waals surface area (Å²) in [7, 11) is -1.91. The first kappa shape index (κ1) is 24.9. The standard InChI is InChI=1S/C24H20P.C8H9BrO/c1-5-13-21(14-6-1)25(22-15-7-2-8-16-22,23-17-9-3-10-18-23)24-19-11-4-12-20-24;1-5-3-7(9)4-6(2)8(5)10/h1-20H;3-4,10H,1-2H3/q+1;/p-1. The Morgan fingerprint density at radius 2 is 0.743 bits per heavy atom. The molecule has 5 aromatic rings. The highest BCUT2D eigenvalue weighted by atomic mass is 79.9. The summed E-state index contributed by atoms with van der Waals surface area (Å²) in [6.07, 6.45) is 0. The summed E-state index contributed by atoms with van der Waals surface area (Å²) in [4.78, 5) is 0. The molecule has 0 unspecified atom stereocenters. The average molecular weight is 539 g/mol. The summed E-state index contributed by atoms with van der Waals surface area (Å²) in [5.74, 6) is 0.142. The van der Waals surface area contributed by atoms with Crippen LogP contribution in [0, 0.1) is 13.8 Å². The van der Waals surface area contributed by atoms with E-state index >= 15 is 0 Å². The molecule has 0 aliphatic heterocycles. The summed E-state index contributed by atoms with van der Waals surface area (Å²) in [5.41, 5.74) is 1.60. The minimum absolute atomic E-state index is 0.142. The maximum absolute atomic E-state index is 11.1. The largest absolute Gasteiger partial charge is 0.872 e. The third-order valence-corrected chi connectivity index (χ3v) is 10.7. The molecule has 0 radical (unpaired) electrons. The molecule has 0 spiro atoms. The van der Waals surface area contributed by atoms with Crippen LogP contribution in [0.1, 0.15) is 11.1 Å². The number of halogens is 1. The lowest BCUT2D eigenvalue weighted by atomic mass is 10.1. The highest BCUT2D eigenvalue weighted by Gasteiger charge is 2.47. The Morgan fingerprint density at radius 1 is 0.486 bits per heavy atom. The van der Waals surface area contributed by atoms with Crippen LogP contribution < -0.4 is 26.3 Å². The maximum atomic E-state index is 11.1. The summed E-state index contributed by atoms with van der Waals surface area (Å²) < 4.78 is 0.974. The molecule has 0 aliphatic carbocycles. The van der Waals surface area contributed by atoms with Gasteiger partial charge in [0.15, 0.2) is 0 Å². The molecule has 5 aromatic carbocycles. The molecule has 35 heavy (non-hydrogen) atoms. The van der Waals surface area contributed by atoms with Gasteiger partial charge in [-0.15, -0.1) is 5.75 Å². The lowest BCUT2D eigenvalue weighted by Gasteiger charge is -2.27. The second-order valence-electron chi connectivity index (χ2n) is 8.38. The first-order valence-corrected chi connectivity index (χ1v) is 14.2. The third kappa shape index (κ3) is 5.40. The predicted molar refractivity (Wildman–Crippen MR) is 154 cm³/mol. The van der Waals surface area contributed by atoms with Crippen molar-refractivity contribution in [1.82, 2.24) is 0 Å². The van der Waals surface area contributed by atoms with Crippen molar-refractivity contribution in [3.05, 3.63) is 149 Å². The molecule has 174 valence electrons. The van der Waals surface area contributed by atoms with Crippen LogP contribution in [0.5, 0.6) is 5.75 Å². The van der Waals surface area contributed by atoms with Crippen LogP contribution in [0.3, 0.4) is 0 Å². The fourth-order valence-electron chi connectivity index (χ4n) is 4.40. The van der Waals surface area contributed by atoms with Crippen LogP contribution in [0.2, 0.25) is 0 Å². The number of benzene rings is 5. The van der Waals surface area contributed by atoms with Gasteiger partial charge in [0.2, 0.25) is 0 Å². The molecule has 0 aromatic heterocycles. The van der Waals surface area contributed by atoms with E-state index in [1.165, 1.54) is 21.2 Å². The van der Waals surface area contributed by atoms with Gasteiger partial charge in [-0.2, -0.15) is 0 Å². The van der Waals surface area contributed by atoms with E-state index in [1.807, 2.05) is 26.0 Å². The second-order valence-corrected chi connectivity index (χ2v) is 12.7. The van der Waals surface area contributed by atoms with Crippen molar-refractivity contribution >= 4 is 44.4 Å².